The molecule has 5 heteroatoms. The van der Waals surface area contributed by atoms with Crippen LogP contribution in [0.3, 0.4) is 0 Å². The highest BCUT2D eigenvalue weighted by Crippen LogP contribution is 1.96. The van der Waals surface area contributed by atoms with Gasteiger partial charge < -0.3 is 0 Å². The molecule has 0 saturated heterocycles. The van der Waals surface area contributed by atoms with E-state index in [0.717, 1.165) is 12.7 Å². The van der Waals surface area contributed by atoms with E-state index >= 15 is 0 Å². The van der Waals surface area contributed by atoms with Gasteiger partial charge >= 0.3 is 0 Å². The van der Waals surface area contributed by atoms with Gasteiger partial charge in [-0.05, 0) is 19.8 Å². The zero-order chi connectivity index (χ0) is 10.3. The standard InChI is InChI=1S/C8H15NO3S/c1-3-4-5-6-7-8(10)9-13(2,11)12/h3-4H,5-7H2,1-2H3,(H,9,10)/b4-3+. The van der Waals surface area contributed by atoms with E-state index in [1.165, 1.54) is 0 Å². The van der Waals surface area contributed by atoms with Crippen molar-refractivity contribution in [3.05, 3.63) is 12.2 Å². The number of allylic oxidation sites excluding steroid dienone is 2. The van der Waals surface area contributed by atoms with Crippen LogP contribution in [0.1, 0.15) is 26.2 Å². The Kier molecular flexibility index (Phi) is 5.37. The number of hydrogen-bond donors (Lipinski definition) is 1. The molecule has 0 aromatic rings. The number of carbonyl (C=O) groups is 1. The Labute approximate surface area is 79.1 Å². The molecule has 0 rings (SSSR count). The first-order chi connectivity index (χ1) is 5.95. The number of rotatable bonds is 5. The fourth-order valence-electron chi connectivity index (χ4n) is 0.805. The average Bonchev–Trinajstić information content (AvgIpc) is 1.94. The maximum atomic E-state index is 10.9. The van der Waals surface area contributed by atoms with Gasteiger partial charge in [0, 0.05) is 6.42 Å². The Morgan fingerprint density at radius 3 is 2.54 bits per heavy atom. The number of hydrogen-bond acceptors (Lipinski definition) is 3. The van der Waals surface area contributed by atoms with Gasteiger partial charge in [-0.1, -0.05) is 12.2 Å². The number of sulfonamides is 1. The van der Waals surface area contributed by atoms with Gasteiger partial charge in [-0.25, -0.2) is 8.42 Å². The van der Waals surface area contributed by atoms with Crippen molar-refractivity contribution >= 4 is 15.9 Å². The first-order valence-corrected chi connectivity index (χ1v) is 5.96. The number of amides is 1. The van der Waals surface area contributed by atoms with Crippen LogP contribution >= 0.6 is 0 Å². The second-order valence-electron chi connectivity index (χ2n) is 2.76. The lowest BCUT2D eigenvalue weighted by Gasteiger charge is -2.00. The van der Waals surface area contributed by atoms with Gasteiger partial charge in [0.2, 0.25) is 15.9 Å². The van der Waals surface area contributed by atoms with E-state index in [9.17, 15) is 13.2 Å². The van der Waals surface area contributed by atoms with E-state index < -0.39 is 15.9 Å². The van der Waals surface area contributed by atoms with Crippen molar-refractivity contribution in [3.8, 4) is 0 Å². The summed E-state index contributed by atoms with van der Waals surface area (Å²) in [6.07, 6.45) is 6.52. The van der Waals surface area contributed by atoms with Crippen LogP contribution in [0.5, 0.6) is 0 Å². The summed E-state index contributed by atoms with van der Waals surface area (Å²) in [5.41, 5.74) is 0. The molecule has 0 aliphatic heterocycles. The molecule has 0 aliphatic carbocycles. The van der Waals surface area contributed by atoms with Gasteiger partial charge in [-0.15, -0.1) is 0 Å². The molecule has 0 aromatic heterocycles. The normalized spacial score (nSPS) is 11.8. The smallest absolute Gasteiger partial charge is 0.233 e. The summed E-state index contributed by atoms with van der Waals surface area (Å²) in [6.45, 7) is 1.90. The van der Waals surface area contributed by atoms with E-state index in [0.29, 0.717) is 6.42 Å². The summed E-state index contributed by atoms with van der Waals surface area (Å²) in [5, 5.41) is 0. The minimum absolute atomic E-state index is 0.247. The van der Waals surface area contributed by atoms with Crippen molar-refractivity contribution in [2.75, 3.05) is 6.26 Å². The summed E-state index contributed by atoms with van der Waals surface area (Å²) in [4.78, 5) is 10.9. The molecule has 0 unspecified atom stereocenters. The van der Waals surface area contributed by atoms with Crippen LogP contribution < -0.4 is 4.72 Å². The van der Waals surface area contributed by atoms with Crippen LogP contribution in [-0.2, 0) is 14.8 Å². The zero-order valence-electron chi connectivity index (χ0n) is 7.91. The van der Waals surface area contributed by atoms with Crippen molar-refractivity contribution in [3.63, 3.8) is 0 Å². The SMILES string of the molecule is C/C=C/CCCC(=O)NS(C)(=O)=O. The first kappa shape index (κ1) is 12.2. The maximum Gasteiger partial charge on any atom is 0.233 e. The average molecular weight is 205 g/mol. The topological polar surface area (TPSA) is 63.2 Å². The predicted octanol–water partition coefficient (Wildman–Crippen LogP) is 0.809. The third kappa shape index (κ3) is 9.07. The Bertz CT molecular complexity index is 280. The first-order valence-electron chi connectivity index (χ1n) is 4.07. The van der Waals surface area contributed by atoms with Gasteiger partial charge in [-0.3, -0.25) is 9.52 Å². The maximum absolute atomic E-state index is 10.9. The summed E-state index contributed by atoms with van der Waals surface area (Å²) < 4.78 is 23.1. The van der Waals surface area contributed by atoms with Crippen LogP contribution in [0.4, 0.5) is 0 Å². The van der Waals surface area contributed by atoms with E-state index in [1.54, 1.807) is 0 Å². The molecule has 76 valence electrons. The number of nitrogens with one attached hydrogen (secondary N) is 1. The second-order valence-corrected chi connectivity index (χ2v) is 4.51. The molecule has 0 saturated carbocycles. The highest BCUT2D eigenvalue weighted by atomic mass is 32.2. The third-order valence-electron chi connectivity index (χ3n) is 1.31. The molecule has 0 spiro atoms. The Balaban J connectivity index is 3.65. The summed E-state index contributed by atoms with van der Waals surface area (Å²) >= 11 is 0. The fourth-order valence-corrected chi connectivity index (χ4v) is 1.32. The van der Waals surface area contributed by atoms with Crippen molar-refractivity contribution in [2.24, 2.45) is 0 Å². The molecule has 0 aromatic carbocycles. The largest absolute Gasteiger partial charge is 0.274 e. The third-order valence-corrected chi connectivity index (χ3v) is 1.91. The van der Waals surface area contributed by atoms with Gasteiger partial charge in [-0.2, -0.15) is 0 Å². The second kappa shape index (κ2) is 5.75. The van der Waals surface area contributed by atoms with Crippen LogP contribution in [0, 0.1) is 0 Å². The van der Waals surface area contributed by atoms with E-state index in [4.69, 9.17) is 0 Å². The van der Waals surface area contributed by atoms with Crippen molar-refractivity contribution in [1.82, 2.24) is 4.72 Å². The molecular weight excluding hydrogens is 190 g/mol. The molecule has 13 heavy (non-hydrogen) atoms. The Hall–Kier alpha value is -0.840. The lowest BCUT2D eigenvalue weighted by Crippen LogP contribution is -2.28. The molecule has 0 fully saturated rings. The number of unbranched alkanes of at least 4 members (excludes halogenated alkanes) is 1. The fraction of sp³-hybridized carbons (Fsp3) is 0.625. The van der Waals surface area contributed by atoms with Crippen molar-refractivity contribution in [2.45, 2.75) is 26.2 Å². The minimum Gasteiger partial charge on any atom is -0.274 e. The molecular formula is C8H15NO3S. The van der Waals surface area contributed by atoms with E-state index in [1.807, 2.05) is 23.8 Å². The summed E-state index contributed by atoms with van der Waals surface area (Å²) in [6, 6.07) is 0. The van der Waals surface area contributed by atoms with Gasteiger partial charge in [0.05, 0.1) is 6.26 Å². The minimum atomic E-state index is -3.38. The Morgan fingerprint density at radius 2 is 2.08 bits per heavy atom. The van der Waals surface area contributed by atoms with Crippen LogP contribution in [0.25, 0.3) is 0 Å². The molecule has 1 amide bonds. The van der Waals surface area contributed by atoms with Crippen LogP contribution in [0.15, 0.2) is 12.2 Å². The van der Waals surface area contributed by atoms with Gasteiger partial charge in [0.25, 0.3) is 0 Å². The van der Waals surface area contributed by atoms with Crippen molar-refractivity contribution in [1.29, 1.82) is 0 Å². The molecule has 0 heterocycles. The molecule has 0 bridgehead atoms. The summed E-state index contributed by atoms with van der Waals surface area (Å²) in [7, 11) is -3.38. The lowest BCUT2D eigenvalue weighted by atomic mass is 10.2. The molecule has 4 nitrogen and oxygen atoms in total. The Morgan fingerprint density at radius 1 is 1.46 bits per heavy atom. The van der Waals surface area contributed by atoms with Crippen LogP contribution in [-0.4, -0.2) is 20.6 Å². The van der Waals surface area contributed by atoms with Gasteiger partial charge in [0.15, 0.2) is 0 Å². The monoisotopic (exact) mass is 205 g/mol. The molecule has 0 atom stereocenters. The molecule has 0 radical (unpaired) electrons. The highest BCUT2D eigenvalue weighted by molar-refractivity contribution is 7.89. The highest BCUT2D eigenvalue weighted by Gasteiger charge is 2.06. The lowest BCUT2D eigenvalue weighted by molar-refractivity contribution is -0.119. The zero-order valence-corrected chi connectivity index (χ0v) is 8.73. The molecule has 0 aliphatic rings. The van der Waals surface area contributed by atoms with Gasteiger partial charge in [0.1, 0.15) is 0 Å². The predicted molar refractivity (Wildman–Crippen MR) is 51.7 cm³/mol. The summed E-state index contributed by atoms with van der Waals surface area (Å²) in [5.74, 6) is -0.438. The van der Waals surface area contributed by atoms with E-state index in [-0.39, 0.29) is 6.42 Å². The molecule has 1 N–H and O–H groups in total. The quantitative estimate of drug-likeness (QED) is 0.533. The number of carbonyl (C=O) groups excluding carboxylic acids is 1. The van der Waals surface area contributed by atoms with E-state index in [2.05, 4.69) is 0 Å². The van der Waals surface area contributed by atoms with Crippen molar-refractivity contribution < 1.29 is 13.2 Å². The van der Waals surface area contributed by atoms with Crippen LogP contribution in [0.2, 0.25) is 0 Å².